The van der Waals surface area contributed by atoms with Crippen molar-refractivity contribution >= 4 is 0 Å². The second-order valence-electron chi connectivity index (χ2n) is 12.5. The van der Waals surface area contributed by atoms with Gasteiger partial charge in [0.05, 0.1) is 0 Å². The van der Waals surface area contributed by atoms with E-state index in [1.54, 1.807) is 0 Å². The Hall–Kier alpha value is -0.850. The number of rotatable bonds is 12. The van der Waals surface area contributed by atoms with Crippen LogP contribution in [0.5, 0.6) is 0 Å². The minimum absolute atomic E-state index is 0.120. The topological polar surface area (TPSA) is 0 Å². The summed E-state index contributed by atoms with van der Waals surface area (Å²) in [6.45, 7) is 4.59. The van der Waals surface area contributed by atoms with Gasteiger partial charge in [0.15, 0.2) is 0 Å². The van der Waals surface area contributed by atoms with Crippen molar-refractivity contribution in [2.75, 3.05) is 0 Å². The fourth-order valence-electron chi connectivity index (χ4n) is 7.86. The molecule has 5 atom stereocenters. The van der Waals surface area contributed by atoms with E-state index in [1.807, 2.05) is 6.07 Å². The van der Waals surface area contributed by atoms with Crippen molar-refractivity contribution in [3.8, 4) is 0 Å². The van der Waals surface area contributed by atoms with Gasteiger partial charge in [-0.05, 0) is 104 Å². The monoisotopic (exact) mass is 468 g/mol. The molecule has 0 bridgehead atoms. The van der Waals surface area contributed by atoms with Crippen LogP contribution in [0, 0.1) is 29.5 Å². The summed E-state index contributed by atoms with van der Waals surface area (Å²) >= 11 is 0. The van der Waals surface area contributed by atoms with E-state index >= 15 is 4.39 Å². The summed E-state index contributed by atoms with van der Waals surface area (Å²) in [7, 11) is 0. The third kappa shape index (κ3) is 7.10. The third-order valence-electron chi connectivity index (χ3n) is 9.99. The standard InChI is InChI=1S/C33H53F/c1-3-5-7-9-11-13-25-14-16-28-22-30(19-18-27(28)20-25)32-23-29-17-15-26(12-10-8-6-4-2)21-31(29)24-33(32)34/h23-28,30H,3-22H2,1-2H3. The van der Waals surface area contributed by atoms with Crippen LogP contribution in [-0.2, 0) is 12.8 Å². The average molecular weight is 469 g/mol. The molecule has 5 unspecified atom stereocenters. The Morgan fingerprint density at radius 3 is 2.15 bits per heavy atom. The number of aryl methyl sites for hydroxylation is 1. The highest BCUT2D eigenvalue weighted by molar-refractivity contribution is 5.37. The fraction of sp³-hybridized carbons (Fsp3) is 0.818. The first-order chi connectivity index (χ1) is 16.7. The SMILES string of the molecule is CCCCCCCC1CCC2CC(c3cc4c(cc3F)CC(CCCCCC)CC4)CCC2C1. The molecule has 1 heteroatoms. The van der Waals surface area contributed by atoms with E-state index in [1.165, 1.54) is 133 Å². The summed E-state index contributed by atoms with van der Waals surface area (Å²) in [6.07, 6.45) is 27.1. The van der Waals surface area contributed by atoms with Crippen LogP contribution in [0.2, 0.25) is 0 Å². The lowest BCUT2D eigenvalue weighted by molar-refractivity contribution is 0.112. The molecular formula is C33H53F. The lowest BCUT2D eigenvalue weighted by Crippen LogP contribution is -2.31. The lowest BCUT2D eigenvalue weighted by atomic mass is 9.63. The van der Waals surface area contributed by atoms with E-state index in [4.69, 9.17) is 0 Å². The van der Waals surface area contributed by atoms with Crippen molar-refractivity contribution in [3.05, 3.63) is 34.6 Å². The minimum Gasteiger partial charge on any atom is -0.207 e. The molecule has 2 saturated carbocycles. The van der Waals surface area contributed by atoms with Crippen molar-refractivity contribution in [1.82, 2.24) is 0 Å². The summed E-state index contributed by atoms with van der Waals surface area (Å²) in [5.74, 6) is 4.15. The van der Waals surface area contributed by atoms with Gasteiger partial charge in [-0.2, -0.15) is 0 Å². The second kappa shape index (κ2) is 13.5. The average Bonchev–Trinajstić information content (AvgIpc) is 2.85. The quantitative estimate of drug-likeness (QED) is 0.268. The van der Waals surface area contributed by atoms with Crippen LogP contribution in [0.4, 0.5) is 4.39 Å². The molecule has 192 valence electrons. The van der Waals surface area contributed by atoms with Gasteiger partial charge in [0.1, 0.15) is 5.82 Å². The first kappa shape index (κ1) is 26.2. The molecule has 34 heavy (non-hydrogen) atoms. The number of hydrogen-bond donors (Lipinski definition) is 0. The van der Waals surface area contributed by atoms with Gasteiger partial charge in [-0.1, -0.05) is 97.0 Å². The summed E-state index contributed by atoms with van der Waals surface area (Å²) in [6, 6.07) is 4.29. The molecule has 2 fully saturated rings. The predicted molar refractivity (Wildman–Crippen MR) is 145 cm³/mol. The summed E-state index contributed by atoms with van der Waals surface area (Å²) in [5, 5.41) is 0. The van der Waals surface area contributed by atoms with E-state index in [0.717, 1.165) is 35.7 Å². The first-order valence-corrected chi connectivity index (χ1v) is 15.5. The van der Waals surface area contributed by atoms with Crippen molar-refractivity contribution in [2.24, 2.45) is 23.7 Å². The zero-order chi connectivity index (χ0) is 23.8. The molecule has 1 aromatic carbocycles. The van der Waals surface area contributed by atoms with E-state index in [9.17, 15) is 0 Å². The van der Waals surface area contributed by atoms with Gasteiger partial charge >= 0.3 is 0 Å². The van der Waals surface area contributed by atoms with Crippen LogP contribution in [0.3, 0.4) is 0 Å². The molecule has 0 spiro atoms. The number of benzene rings is 1. The number of fused-ring (bicyclic) bond motifs is 2. The second-order valence-corrected chi connectivity index (χ2v) is 12.5. The van der Waals surface area contributed by atoms with E-state index < -0.39 is 0 Å². The molecule has 0 N–H and O–H groups in total. The van der Waals surface area contributed by atoms with Gasteiger partial charge in [0, 0.05) is 0 Å². The highest BCUT2D eigenvalue weighted by Crippen LogP contribution is 2.49. The zero-order valence-corrected chi connectivity index (χ0v) is 22.6. The Balaban J connectivity index is 1.27. The molecule has 0 nitrogen and oxygen atoms in total. The van der Waals surface area contributed by atoms with E-state index in [2.05, 4.69) is 19.9 Å². The largest absolute Gasteiger partial charge is 0.207 e. The van der Waals surface area contributed by atoms with Crippen molar-refractivity contribution in [1.29, 1.82) is 0 Å². The van der Waals surface area contributed by atoms with Gasteiger partial charge < -0.3 is 0 Å². The molecule has 0 heterocycles. The molecule has 4 rings (SSSR count). The molecule has 0 saturated heterocycles. The molecule has 0 amide bonds. The zero-order valence-electron chi connectivity index (χ0n) is 22.6. The van der Waals surface area contributed by atoms with Crippen molar-refractivity contribution in [2.45, 2.75) is 148 Å². The first-order valence-electron chi connectivity index (χ1n) is 15.5. The molecule has 0 aliphatic heterocycles. The van der Waals surface area contributed by atoms with Gasteiger partial charge in [0.2, 0.25) is 0 Å². The number of hydrogen-bond acceptors (Lipinski definition) is 0. The van der Waals surface area contributed by atoms with Crippen LogP contribution in [0.15, 0.2) is 12.1 Å². The number of halogens is 1. The number of unbranched alkanes of at least 4 members (excludes halogenated alkanes) is 7. The summed E-state index contributed by atoms with van der Waals surface area (Å²) < 4.78 is 15.4. The molecule has 1 aromatic rings. The van der Waals surface area contributed by atoms with Crippen LogP contribution in [-0.4, -0.2) is 0 Å². The molecule has 3 aliphatic rings. The molecule has 0 radical (unpaired) electrons. The molecule has 3 aliphatic carbocycles. The summed E-state index contributed by atoms with van der Waals surface area (Å²) in [5.41, 5.74) is 3.90. The van der Waals surface area contributed by atoms with Crippen molar-refractivity contribution in [3.63, 3.8) is 0 Å². The highest BCUT2D eigenvalue weighted by atomic mass is 19.1. The van der Waals surface area contributed by atoms with Crippen LogP contribution < -0.4 is 0 Å². The molecular weight excluding hydrogens is 415 g/mol. The maximum absolute atomic E-state index is 15.4. The Kier molecular flexibility index (Phi) is 10.4. The Morgan fingerprint density at radius 1 is 0.676 bits per heavy atom. The predicted octanol–water partition coefficient (Wildman–Crippen LogP) is 10.6. The maximum Gasteiger partial charge on any atom is 0.126 e. The van der Waals surface area contributed by atoms with Gasteiger partial charge in [-0.15, -0.1) is 0 Å². The van der Waals surface area contributed by atoms with Gasteiger partial charge in [0.25, 0.3) is 0 Å². The van der Waals surface area contributed by atoms with Crippen LogP contribution >= 0.6 is 0 Å². The Bertz CT molecular complexity index is 736. The van der Waals surface area contributed by atoms with E-state index in [-0.39, 0.29) is 5.82 Å². The lowest BCUT2D eigenvalue weighted by Gasteiger charge is -2.42. The third-order valence-corrected chi connectivity index (χ3v) is 9.99. The Morgan fingerprint density at radius 2 is 1.35 bits per heavy atom. The normalized spacial score (nSPS) is 29.0. The highest BCUT2D eigenvalue weighted by Gasteiger charge is 2.36. The smallest absolute Gasteiger partial charge is 0.126 e. The fourth-order valence-corrected chi connectivity index (χ4v) is 7.86. The van der Waals surface area contributed by atoms with Crippen LogP contribution in [0.25, 0.3) is 0 Å². The molecule has 0 aromatic heterocycles. The van der Waals surface area contributed by atoms with E-state index in [0.29, 0.717) is 5.92 Å². The van der Waals surface area contributed by atoms with Gasteiger partial charge in [-0.25, -0.2) is 4.39 Å². The Labute approximate surface area is 210 Å². The minimum atomic E-state index is 0.120. The summed E-state index contributed by atoms with van der Waals surface area (Å²) in [4.78, 5) is 0. The van der Waals surface area contributed by atoms with Crippen molar-refractivity contribution < 1.29 is 4.39 Å². The van der Waals surface area contributed by atoms with Gasteiger partial charge in [-0.3, -0.25) is 0 Å². The van der Waals surface area contributed by atoms with Crippen LogP contribution in [0.1, 0.15) is 152 Å². The maximum atomic E-state index is 15.4.